The molecule has 24 heavy (non-hydrogen) atoms. The molecule has 4 rings (SSSR count). The highest BCUT2D eigenvalue weighted by atomic mass is 32.1. The number of aryl methyl sites for hydroxylation is 1. The molecule has 7 nitrogen and oxygen atoms in total. The van der Waals surface area contributed by atoms with Gasteiger partial charge in [-0.2, -0.15) is 0 Å². The van der Waals surface area contributed by atoms with Crippen LogP contribution >= 0.6 is 11.3 Å². The van der Waals surface area contributed by atoms with Crippen molar-refractivity contribution in [3.05, 3.63) is 22.2 Å². The third kappa shape index (κ3) is 2.45. The lowest BCUT2D eigenvalue weighted by atomic mass is 9.89. The minimum atomic E-state index is -2.66. The molecule has 0 aromatic carbocycles. The van der Waals surface area contributed by atoms with E-state index in [1.54, 1.807) is 4.90 Å². The summed E-state index contributed by atoms with van der Waals surface area (Å²) in [7, 11) is 0. The molecule has 0 spiro atoms. The van der Waals surface area contributed by atoms with Crippen molar-refractivity contribution in [3.8, 4) is 0 Å². The Balaban J connectivity index is 1.56. The van der Waals surface area contributed by atoms with E-state index < -0.39 is 6.43 Å². The van der Waals surface area contributed by atoms with Crippen LogP contribution in [0.15, 0.2) is 0 Å². The van der Waals surface area contributed by atoms with Crippen molar-refractivity contribution in [2.45, 2.75) is 44.7 Å². The fourth-order valence-corrected chi connectivity index (χ4v) is 4.36. The summed E-state index contributed by atoms with van der Waals surface area (Å²) in [5, 5.41) is 7.84. The molecule has 10 heteroatoms. The molecule has 1 aliphatic heterocycles. The van der Waals surface area contributed by atoms with Crippen molar-refractivity contribution in [2.24, 2.45) is 0 Å². The number of nitrogens with zero attached hydrogens (tertiary/aromatic N) is 5. The molecular weight excluding hydrogens is 338 g/mol. The topological polar surface area (TPSA) is 89.9 Å². The number of hydrogen-bond acceptors (Lipinski definition) is 6. The molecule has 3 heterocycles. The number of thiazole rings is 1. The maximum absolute atomic E-state index is 12.9. The lowest BCUT2D eigenvalue weighted by Crippen LogP contribution is -2.42. The highest BCUT2D eigenvalue weighted by Gasteiger charge is 2.35. The van der Waals surface area contributed by atoms with Gasteiger partial charge in [-0.1, -0.05) is 0 Å². The summed E-state index contributed by atoms with van der Waals surface area (Å²) in [6.45, 7) is 0.853. The summed E-state index contributed by atoms with van der Waals surface area (Å²) >= 11 is 1.44. The number of fused-ring (bicyclic) bond motifs is 2. The van der Waals surface area contributed by atoms with Crippen molar-refractivity contribution in [3.63, 3.8) is 0 Å². The molecule has 0 saturated heterocycles. The summed E-state index contributed by atoms with van der Waals surface area (Å²) in [6.07, 6.45) is -0.0992. The number of hydrogen-bond donors (Lipinski definition) is 1. The largest absolute Gasteiger partial charge is 0.375 e. The number of carbonyl (C=O) groups excluding carboxylic acids is 1. The number of carbonyl (C=O) groups is 1. The average molecular weight is 354 g/mol. The number of anilines is 1. The number of nitrogen functional groups attached to an aromatic ring is 1. The van der Waals surface area contributed by atoms with E-state index >= 15 is 0 Å². The molecule has 2 N–H and O–H groups in total. The van der Waals surface area contributed by atoms with Crippen molar-refractivity contribution in [1.29, 1.82) is 0 Å². The lowest BCUT2D eigenvalue weighted by Gasteiger charge is -2.31. The molecule has 1 unspecified atom stereocenters. The number of nitrogens with two attached hydrogens (primary N) is 1. The van der Waals surface area contributed by atoms with E-state index in [9.17, 15) is 13.6 Å². The van der Waals surface area contributed by atoms with Crippen LogP contribution in [0, 0.1) is 0 Å². The molecular formula is C14H16F2N6OS. The minimum Gasteiger partial charge on any atom is -0.375 e. The van der Waals surface area contributed by atoms with Gasteiger partial charge in [0.05, 0.1) is 18.2 Å². The van der Waals surface area contributed by atoms with Crippen LogP contribution in [0.3, 0.4) is 0 Å². The van der Waals surface area contributed by atoms with Gasteiger partial charge < -0.3 is 15.2 Å². The number of aromatic nitrogens is 4. The van der Waals surface area contributed by atoms with E-state index in [0.29, 0.717) is 17.5 Å². The monoisotopic (exact) mass is 354 g/mol. The Morgan fingerprint density at radius 2 is 2.17 bits per heavy atom. The van der Waals surface area contributed by atoms with Crippen molar-refractivity contribution in [2.75, 3.05) is 12.3 Å². The third-order valence-electron chi connectivity index (χ3n) is 4.56. The molecule has 0 bridgehead atoms. The smallest absolute Gasteiger partial charge is 0.297 e. The Labute approximate surface area is 140 Å². The van der Waals surface area contributed by atoms with Gasteiger partial charge in [-0.3, -0.25) is 4.79 Å². The second-order valence-electron chi connectivity index (χ2n) is 5.99. The van der Waals surface area contributed by atoms with E-state index in [-0.39, 0.29) is 30.7 Å². The van der Waals surface area contributed by atoms with E-state index in [0.717, 1.165) is 29.8 Å². The lowest BCUT2D eigenvalue weighted by molar-refractivity contribution is -0.134. The molecule has 0 saturated carbocycles. The van der Waals surface area contributed by atoms with Gasteiger partial charge in [-0.25, -0.2) is 13.8 Å². The van der Waals surface area contributed by atoms with Gasteiger partial charge in [0.15, 0.2) is 16.8 Å². The zero-order valence-corrected chi connectivity index (χ0v) is 13.6. The minimum absolute atomic E-state index is 0.0332. The van der Waals surface area contributed by atoms with Crippen LogP contribution < -0.4 is 5.73 Å². The molecule has 1 amide bonds. The Morgan fingerprint density at radius 1 is 1.33 bits per heavy atom. The fourth-order valence-electron chi connectivity index (χ4n) is 3.43. The average Bonchev–Trinajstić information content (AvgIpc) is 3.15. The number of halogens is 2. The van der Waals surface area contributed by atoms with Gasteiger partial charge in [0.2, 0.25) is 5.91 Å². The summed E-state index contributed by atoms with van der Waals surface area (Å²) in [5.41, 5.74) is 6.57. The highest BCUT2D eigenvalue weighted by Crippen LogP contribution is 2.37. The van der Waals surface area contributed by atoms with E-state index in [2.05, 4.69) is 15.2 Å². The zero-order valence-electron chi connectivity index (χ0n) is 12.8. The molecule has 2 aromatic heterocycles. The van der Waals surface area contributed by atoms with Gasteiger partial charge >= 0.3 is 0 Å². The SMILES string of the molecule is Nc1nc2c(s1)CCCC2C(=O)N1CCn2c(nnc2C(F)F)C1. The molecule has 1 atom stereocenters. The van der Waals surface area contributed by atoms with Crippen LogP contribution in [0.4, 0.5) is 13.9 Å². The van der Waals surface area contributed by atoms with Crippen LogP contribution in [-0.4, -0.2) is 37.1 Å². The van der Waals surface area contributed by atoms with Crippen LogP contribution in [0.1, 0.15) is 47.4 Å². The second kappa shape index (κ2) is 5.76. The van der Waals surface area contributed by atoms with Crippen LogP contribution in [0.5, 0.6) is 0 Å². The third-order valence-corrected chi connectivity index (χ3v) is 5.52. The normalized spacial score (nSPS) is 20.1. The molecule has 0 fully saturated rings. The molecule has 2 aliphatic rings. The Bertz CT molecular complexity index is 788. The summed E-state index contributed by atoms with van der Waals surface area (Å²) in [5.74, 6) is -0.261. The first-order valence-electron chi connectivity index (χ1n) is 7.78. The van der Waals surface area contributed by atoms with Crippen LogP contribution in [0.2, 0.25) is 0 Å². The van der Waals surface area contributed by atoms with Crippen molar-refractivity contribution in [1.82, 2.24) is 24.6 Å². The second-order valence-corrected chi connectivity index (χ2v) is 7.11. The van der Waals surface area contributed by atoms with Gasteiger partial charge in [-0.15, -0.1) is 21.5 Å². The summed E-state index contributed by atoms with van der Waals surface area (Å²) < 4.78 is 27.2. The standard InChI is InChI=1S/C14H16F2N6OS/c15-11(16)12-20-19-9-6-21(4-5-22(9)12)13(23)7-2-1-3-8-10(7)18-14(17)24-8/h7,11H,1-6H2,(H2,17,18). The Hall–Kier alpha value is -2.10. The van der Waals surface area contributed by atoms with Crippen LogP contribution in [-0.2, 0) is 24.3 Å². The van der Waals surface area contributed by atoms with Gasteiger partial charge in [0, 0.05) is 18.0 Å². The quantitative estimate of drug-likeness (QED) is 0.887. The molecule has 128 valence electrons. The van der Waals surface area contributed by atoms with Crippen molar-refractivity contribution >= 4 is 22.4 Å². The van der Waals surface area contributed by atoms with Gasteiger partial charge in [0.25, 0.3) is 6.43 Å². The van der Waals surface area contributed by atoms with Gasteiger partial charge in [-0.05, 0) is 19.3 Å². The zero-order chi connectivity index (χ0) is 16.8. The van der Waals surface area contributed by atoms with E-state index in [4.69, 9.17) is 5.73 Å². The maximum Gasteiger partial charge on any atom is 0.297 e. The van der Waals surface area contributed by atoms with Gasteiger partial charge in [0.1, 0.15) is 0 Å². The predicted octanol–water partition coefficient (Wildman–Crippen LogP) is 1.72. The number of alkyl halides is 2. The first kappa shape index (κ1) is 15.4. The molecule has 2 aromatic rings. The van der Waals surface area contributed by atoms with E-state index in [1.807, 2.05) is 0 Å². The highest BCUT2D eigenvalue weighted by molar-refractivity contribution is 7.15. The molecule has 1 aliphatic carbocycles. The van der Waals surface area contributed by atoms with E-state index in [1.165, 1.54) is 15.9 Å². The maximum atomic E-state index is 12.9. The first-order valence-corrected chi connectivity index (χ1v) is 8.60. The summed E-state index contributed by atoms with van der Waals surface area (Å²) in [4.78, 5) is 20.0. The number of rotatable bonds is 2. The number of amides is 1. The molecule has 0 radical (unpaired) electrons. The first-order chi connectivity index (χ1) is 11.5. The fraction of sp³-hybridized carbons (Fsp3) is 0.571. The van der Waals surface area contributed by atoms with Crippen molar-refractivity contribution < 1.29 is 13.6 Å². The van der Waals surface area contributed by atoms with Crippen LogP contribution in [0.25, 0.3) is 0 Å². The Morgan fingerprint density at radius 3 is 2.96 bits per heavy atom. The Kier molecular flexibility index (Phi) is 3.70. The summed E-state index contributed by atoms with van der Waals surface area (Å²) in [6, 6.07) is 0. The predicted molar refractivity (Wildman–Crippen MR) is 82.6 cm³/mol.